The van der Waals surface area contributed by atoms with Gasteiger partial charge in [-0.25, -0.2) is 14.8 Å². The first-order valence-electron chi connectivity index (χ1n) is 7.98. The summed E-state index contributed by atoms with van der Waals surface area (Å²) in [6.45, 7) is 2.05. The lowest BCUT2D eigenvalue weighted by Gasteiger charge is -2.11. The number of hydrogen-bond donors (Lipinski definition) is 0. The molecular formula is C20H18N2O3. The second-order valence-electron chi connectivity index (χ2n) is 5.25. The molecule has 0 saturated carbocycles. The second-order valence-corrected chi connectivity index (χ2v) is 5.25. The zero-order valence-electron chi connectivity index (χ0n) is 14.1. The topological polar surface area (TPSA) is 61.3 Å². The minimum atomic E-state index is -0.474. The highest BCUT2D eigenvalue weighted by Crippen LogP contribution is 2.30. The van der Waals surface area contributed by atoms with Gasteiger partial charge in [-0.3, -0.25) is 0 Å². The molecule has 5 heteroatoms. The van der Waals surface area contributed by atoms with Crippen molar-refractivity contribution in [1.29, 1.82) is 0 Å². The van der Waals surface area contributed by atoms with E-state index in [4.69, 9.17) is 9.47 Å². The molecule has 0 aliphatic rings. The van der Waals surface area contributed by atoms with Gasteiger partial charge in [0.2, 0.25) is 0 Å². The lowest BCUT2D eigenvalue weighted by Crippen LogP contribution is -2.09. The fourth-order valence-electron chi connectivity index (χ4n) is 2.47. The molecule has 3 rings (SSSR count). The minimum Gasteiger partial charge on any atom is -0.496 e. The molecule has 0 radical (unpaired) electrons. The van der Waals surface area contributed by atoms with Gasteiger partial charge in [0.05, 0.1) is 19.4 Å². The maximum Gasteiger partial charge on any atom is 0.357 e. The predicted octanol–water partition coefficient (Wildman–Crippen LogP) is 4.00. The van der Waals surface area contributed by atoms with Gasteiger partial charge >= 0.3 is 5.97 Å². The molecule has 0 fully saturated rings. The van der Waals surface area contributed by atoms with Crippen LogP contribution in [-0.4, -0.2) is 29.7 Å². The monoisotopic (exact) mass is 334 g/mol. The predicted molar refractivity (Wildman–Crippen MR) is 95.4 cm³/mol. The first kappa shape index (κ1) is 16.6. The van der Waals surface area contributed by atoms with E-state index in [1.807, 2.05) is 54.6 Å². The summed E-state index contributed by atoms with van der Waals surface area (Å²) in [4.78, 5) is 21.2. The van der Waals surface area contributed by atoms with Gasteiger partial charge in [-0.05, 0) is 25.1 Å². The molecule has 3 aromatic rings. The Morgan fingerprint density at radius 3 is 2.44 bits per heavy atom. The Balaban J connectivity index is 2.17. The quantitative estimate of drug-likeness (QED) is 0.660. The third kappa shape index (κ3) is 3.66. The van der Waals surface area contributed by atoms with E-state index in [1.54, 1.807) is 20.1 Å². The molecule has 1 aromatic heterocycles. The highest BCUT2D eigenvalue weighted by atomic mass is 16.5. The van der Waals surface area contributed by atoms with Crippen molar-refractivity contribution in [2.45, 2.75) is 6.92 Å². The smallest absolute Gasteiger partial charge is 0.357 e. The maximum atomic E-state index is 12.2. The van der Waals surface area contributed by atoms with Crippen molar-refractivity contribution >= 4 is 5.97 Å². The molecular weight excluding hydrogens is 316 g/mol. The van der Waals surface area contributed by atoms with Crippen LogP contribution >= 0.6 is 0 Å². The summed E-state index contributed by atoms with van der Waals surface area (Å²) in [6.07, 6.45) is 0. The third-order valence-electron chi connectivity index (χ3n) is 3.63. The van der Waals surface area contributed by atoms with Crippen molar-refractivity contribution in [2.24, 2.45) is 0 Å². The molecule has 0 saturated heterocycles. The zero-order valence-corrected chi connectivity index (χ0v) is 14.1. The van der Waals surface area contributed by atoms with Gasteiger partial charge in [-0.15, -0.1) is 0 Å². The largest absolute Gasteiger partial charge is 0.496 e. The molecule has 0 spiro atoms. The van der Waals surface area contributed by atoms with Crippen molar-refractivity contribution in [2.75, 3.05) is 13.7 Å². The highest BCUT2D eigenvalue weighted by Gasteiger charge is 2.16. The molecule has 0 bridgehead atoms. The standard InChI is InChI=1S/C20H18N2O3/c1-3-25-20(23)17-13-16(15-11-7-8-12-18(15)24-2)21-19(22-17)14-9-5-4-6-10-14/h4-13H,3H2,1-2H3. The molecule has 0 amide bonds. The van der Waals surface area contributed by atoms with Crippen molar-refractivity contribution < 1.29 is 14.3 Å². The van der Waals surface area contributed by atoms with E-state index in [1.165, 1.54) is 0 Å². The average molecular weight is 334 g/mol. The van der Waals surface area contributed by atoms with Crippen LogP contribution in [0.5, 0.6) is 5.75 Å². The SMILES string of the molecule is CCOC(=O)c1cc(-c2ccccc2OC)nc(-c2ccccc2)n1. The summed E-state index contributed by atoms with van der Waals surface area (Å²) in [7, 11) is 1.60. The first-order valence-corrected chi connectivity index (χ1v) is 7.98. The number of ether oxygens (including phenoxy) is 2. The first-order chi connectivity index (χ1) is 12.2. The van der Waals surface area contributed by atoms with E-state index < -0.39 is 5.97 Å². The molecule has 0 atom stereocenters. The Morgan fingerprint density at radius 2 is 1.72 bits per heavy atom. The molecule has 0 aliphatic heterocycles. The molecule has 5 nitrogen and oxygen atoms in total. The number of para-hydroxylation sites is 1. The van der Waals surface area contributed by atoms with Crippen LogP contribution in [0.15, 0.2) is 60.7 Å². The minimum absolute atomic E-state index is 0.219. The van der Waals surface area contributed by atoms with Gasteiger partial charge in [-0.2, -0.15) is 0 Å². The van der Waals surface area contributed by atoms with E-state index in [-0.39, 0.29) is 12.3 Å². The molecule has 1 heterocycles. The van der Waals surface area contributed by atoms with E-state index >= 15 is 0 Å². The van der Waals surface area contributed by atoms with Crippen LogP contribution in [0.1, 0.15) is 17.4 Å². The Hall–Kier alpha value is -3.21. The number of methoxy groups -OCH3 is 1. The van der Waals surface area contributed by atoms with Crippen LogP contribution in [0.25, 0.3) is 22.6 Å². The van der Waals surface area contributed by atoms with Crippen LogP contribution in [0.4, 0.5) is 0 Å². The molecule has 0 aliphatic carbocycles. The van der Waals surface area contributed by atoms with Crippen LogP contribution in [0.3, 0.4) is 0 Å². The average Bonchev–Trinajstić information content (AvgIpc) is 2.68. The summed E-state index contributed by atoms with van der Waals surface area (Å²) < 4.78 is 10.5. The summed E-state index contributed by atoms with van der Waals surface area (Å²) in [5, 5.41) is 0. The van der Waals surface area contributed by atoms with Gasteiger partial charge in [0.25, 0.3) is 0 Å². The van der Waals surface area contributed by atoms with E-state index in [2.05, 4.69) is 9.97 Å². The Labute approximate surface area is 146 Å². The lowest BCUT2D eigenvalue weighted by atomic mass is 10.1. The summed E-state index contributed by atoms with van der Waals surface area (Å²) >= 11 is 0. The summed E-state index contributed by atoms with van der Waals surface area (Å²) in [5.41, 5.74) is 2.44. The molecule has 0 N–H and O–H groups in total. The number of hydrogen-bond acceptors (Lipinski definition) is 5. The molecule has 25 heavy (non-hydrogen) atoms. The van der Waals surface area contributed by atoms with E-state index in [0.29, 0.717) is 17.3 Å². The number of carbonyl (C=O) groups is 1. The lowest BCUT2D eigenvalue weighted by molar-refractivity contribution is 0.0519. The zero-order chi connectivity index (χ0) is 17.6. The van der Waals surface area contributed by atoms with Crippen LogP contribution in [-0.2, 0) is 4.74 Å². The normalized spacial score (nSPS) is 10.3. The summed E-state index contributed by atoms with van der Waals surface area (Å²) in [6, 6.07) is 18.7. The van der Waals surface area contributed by atoms with Crippen molar-refractivity contribution in [3.63, 3.8) is 0 Å². The number of aromatic nitrogens is 2. The number of esters is 1. The highest BCUT2D eigenvalue weighted by molar-refractivity contribution is 5.89. The van der Waals surface area contributed by atoms with Crippen molar-refractivity contribution in [3.8, 4) is 28.4 Å². The Morgan fingerprint density at radius 1 is 1.00 bits per heavy atom. The van der Waals surface area contributed by atoms with Crippen molar-refractivity contribution in [1.82, 2.24) is 9.97 Å². The molecule has 2 aromatic carbocycles. The number of nitrogens with zero attached hydrogens (tertiary/aromatic N) is 2. The Bertz CT molecular complexity index is 879. The van der Waals surface area contributed by atoms with Crippen LogP contribution < -0.4 is 4.74 Å². The summed E-state index contributed by atoms with van der Waals surface area (Å²) in [5.74, 6) is 0.667. The fraction of sp³-hybridized carbons (Fsp3) is 0.150. The molecule has 126 valence electrons. The number of benzene rings is 2. The van der Waals surface area contributed by atoms with Gasteiger partial charge in [0.15, 0.2) is 11.5 Å². The van der Waals surface area contributed by atoms with Crippen molar-refractivity contribution in [3.05, 3.63) is 66.4 Å². The fourth-order valence-corrected chi connectivity index (χ4v) is 2.47. The van der Waals surface area contributed by atoms with Gasteiger partial charge in [0.1, 0.15) is 5.75 Å². The molecule has 0 unspecified atom stereocenters. The Kier molecular flexibility index (Phi) is 5.04. The maximum absolute atomic E-state index is 12.2. The van der Waals surface area contributed by atoms with Crippen LogP contribution in [0.2, 0.25) is 0 Å². The van der Waals surface area contributed by atoms with Gasteiger partial charge < -0.3 is 9.47 Å². The van der Waals surface area contributed by atoms with Gasteiger partial charge in [0, 0.05) is 11.1 Å². The van der Waals surface area contributed by atoms with Gasteiger partial charge in [-0.1, -0.05) is 42.5 Å². The van der Waals surface area contributed by atoms with E-state index in [0.717, 1.165) is 11.1 Å². The third-order valence-corrected chi connectivity index (χ3v) is 3.63. The van der Waals surface area contributed by atoms with E-state index in [9.17, 15) is 4.79 Å². The second kappa shape index (κ2) is 7.57. The van der Waals surface area contributed by atoms with Crippen LogP contribution in [0, 0.1) is 0 Å². The number of rotatable bonds is 5. The number of carbonyl (C=O) groups excluding carboxylic acids is 1.